The number of ether oxygens (including phenoxy) is 1. The van der Waals surface area contributed by atoms with E-state index in [0.717, 1.165) is 0 Å². The summed E-state index contributed by atoms with van der Waals surface area (Å²) in [6, 6.07) is 6.81. The van der Waals surface area contributed by atoms with Crippen LogP contribution < -0.4 is 0 Å². The number of carbonyl (C=O) groups excluding carboxylic acids is 1. The Hall–Kier alpha value is -1.64. The quantitative estimate of drug-likeness (QED) is 0.588. The summed E-state index contributed by atoms with van der Waals surface area (Å²) in [6.45, 7) is 3.61. The lowest BCUT2D eigenvalue weighted by molar-refractivity contribution is 0.0378. The standard InChI is InChI=1S/C11H13NO2/c1-8(2)14-11(13)10-5-3-4-9(6-10)7-12/h3-8,12H,1-2H3. The van der Waals surface area contributed by atoms with Gasteiger partial charge in [-0.25, -0.2) is 4.79 Å². The van der Waals surface area contributed by atoms with Crippen molar-refractivity contribution in [3.63, 3.8) is 0 Å². The highest BCUT2D eigenvalue weighted by molar-refractivity contribution is 5.91. The summed E-state index contributed by atoms with van der Waals surface area (Å²) >= 11 is 0. The molecule has 14 heavy (non-hydrogen) atoms. The van der Waals surface area contributed by atoms with E-state index in [-0.39, 0.29) is 12.1 Å². The highest BCUT2D eigenvalue weighted by atomic mass is 16.5. The van der Waals surface area contributed by atoms with E-state index in [9.17, 15) is 4.79 Å². The van der Waals surface area contributed by atoms with Gasteiger partial charge in [0.1, 0.15) is 0 Å². The zero-order chi connectivity index (χ0) is 10.6. The van der Waals surface area contributed by atoms with E-state index in [1.807, 2.05) is 0 Å². The molecule has 0 fully saturated rings. The van der Waals surface area contributed by atoms with Crippen LogP contribution in [-0.2, 0) is 4.74 Å². The first kappa shape index (κ1) is 10.4. The molecule has 74 valence electrons. The summed E-state index contributed by atoms with van der Waals surface area (Å²) in [4.78, 5) is 11.4. The van der Waals surface area contributed by atoms with Gasteiger partial charge >= 0.3 is 5.97 Å². The molecule has 0 heterocycles. The smallest absolute Gasteiger partial charge is 0.338 e. The third kappa shape index (κ3) is 2.69. The molecule has 0 aliphatic heterocycles. The lowest BCUT2D eigenvalue weighted by atomic mass is 10.1. The van der Waals surface area contributed by atoms with E-state index in [0.29, 0.717) is 11.1 Å². The monoisotopic (exact) mass is 191 g/mol. The Morgan fingerprint density at radius 3 is 2.79 bits per heavy atom. The lowest BCUT2D eigenvalue weighted by Gasteiger charge is -2.07. The van der Waals surface area contributed by atoms with Gasteiger partial charge in [-0.15, -0.1) is 0 Å². The Morgan fingerprint density at radius 1 is 1.50 bits per heavy atom. The van der Waals surface area contributed by atoms with E-state index in [1.54, 1.807) is 38.1 Å². The van der Waals surface area contributed by atoms with Gasteiger partial charge < -0.3 is 10.1 Å². The minimum Gasteiger partial charge on any atom is -0.459 e. The van der Waals surface area contributed by atoms with Crippen molar-refractivity contribution in [1.82, 2.24) is 0 Å². The fourth-order valence-corrected chi connectivity index (χ4v) is 1.04. The summed E-state index contributed by atoms with van der Waals surface area (Å²) in [5.74, 6) is -0.344. The van der Waals surface area contributed by atoms with Gasteiger partial charge in [0.2, 0.25) is 0 Å². The average Bonchev–Trinajstić information content (AvgIpc) is 2.17. The summed E-state index contributed by atoms with van der Waals surface area (Å²) < 4.78 is 5.02. The molecule has 0 bridgehead atoms. The van der Waals surface area contributed by atoms with Crippen LogP contribution in [0.1, 0.15) is 29.8 Å². The first-order valence-corrected chi connectivity index (χ1v) is 4.45. The molecule has 1 rings (SSSR count). The van der Waals surface area contributed by atoms with E-state index in [2.05, 4.69) is 0 Å². The van der Waals surface area contributed by atoms with Gasteiger partial charge in [0.25, 0.3) is 0 Å². The first-order chi connectivity index (χ1) is 6.63. The molecule has 0 saturated carbocycles. The molecule has 0 aliphatic rings. The van der Waals surface area contributed by atoms with Crippen molar-refractivity contribution >= 4 is 12.2 Å². The van der Waals surface area contributed by atoms with Crippen LogP contribution in [0.2, 0.25) is 0 Å². The van der Waals surface area contributed by atoms with Gasteiger partial charge in [-0.05, 0) is 31.5 Å². The molecule has 0 aromatic heterocycles. The second-order valence-corrected chi connectivity index (χ2v) is 3.22. The molecule has 1 N–H and O–H groups in total. The molecule has 3 heteroatoms. The number of rotatable bonds is 3. The van der Waals surface area contributed by atoms with Crippen molar-refractivity contribution in [2.45, 2.75) is 20.0 Å². The number of hydrogen-bond acceptors (Lipinski definition) is 3. The van der Waals surface area contributed by atoms with Crippen LogP contribution in [0.5, 0.6) is 0 Å². The van der Waals surface area contributed by atoms with Gasteiger partial charge in [-0.3, -0.25) is 0 Å². The molecule has 0 radical (unpaired) electrons. The van der Waals surface area contributed by atoms with E-state index in [1.165, 1.54) is 6.21 Å². The van der Waals surface area contributed by atoms with Gasteiger partial charge in [0.15, 0.2) is 0 Å². The molecule has 0 aliphatic carbocycles. The minimum absolute atomic E-state index is 0.119. The predicted octanol–water partition coefficient (Wildman–Crippen LogP) is 2.25. The minimum atomic E-state index is -0.344. The van der Waals surface area contributed by atoms with Gasteiger partial charge in [-0.1, -0.05) is 12.1 Å². The summed E-state index contributed by atoms with van der Waals surface area (Å²) in [5.41, 5.74) is 1.18. The Kier molecular flexibility index (Phi) is 3.40. The number of hydrogen-bond donors (Lipinski definition) is 1. The zero-order valence-electron chi connectivity index (χ0n) is 8.28. The highest BCUT2D eigenvalue weighted by Crippen LogP contribution is 2.06. The first-order valence-electron chi connectivity index (χ1n) is 4.45. The summed E-state index contributed by atoms with van der Waals surface area (Å²) in [7, 11) is 0. The summed E-state index contributed by atoms with van der Waals surface area (Å²) in [6.07, 6.45) is 1.08. The maximum Gasteiger partial charge on any atom is 0.338 e. The Labute approximate surface area is 83.2 Å². The van der Waals surface area contributed by atoms with Crippen LogP contribution in [0.4, 0.5) is 0 Å². The van der Waals surface area contributed by atoms with Gasteiger partial charge in [-0.2, -0.15) is 0 Å². The number of esters is 1. The molecule has 0 atom stereocenters. The van der Waals surface area contributed by atoms with Crippen LogP contribution in [0.15, 0.2) is 24.3 Å². The van der Waals surface area contributed by atoms with Crippen LogP contribution in [0, 0.1) is 5.41 Å². The van der Waals surface area contributed by atoms with Crippen molar-refractivity contribution < 1.29 is 9.53 Å². The van der Waals surface area contributed by atoms with Gasteiger partial charge in [0.05, 0.1) is 11.7 Å². The largest absolute Gasteiger partial charge is 0.459 e. The fourth-order valence-electron chi connectivity index (χ4n) is 1.04. The third-order valence-corrected chi connectivity index (χ3v) is 1.63. The van der Waals surface area contributed by atoms with E-state index >= 15 is 0 Å². The van der Waals surface area contributed by atoms with Crippen molar-refractivity contribution in [1.29, 1.82) is 5.41 Å². The maximum absolute atomic E-state index is 11.4. The molecule has 1 aromatic rings. The molecule has 0 unspecified atom stereocenters. The molecule has 3 nitrogen and oxygen atoms in total. The SMILES string of the molecule is CC(C)OC(=O)c1cccc(C=N)c1. The second-order valence-electron chi connectivity index (χ2n) is 3.22. The molecule has 0 saturated heterocycles. The van der Waals surface area contributed by atoms with Gasteiger partial charge in [0, 0.05) is 6.21 Å². The van der Waals surface area contributed by atoms with Crippen molar-refractivity contribution in [2.24, 2.45) is 0 Å². The number of carbonyl (C=O) groups is 1. The maximum atomic E-state index is 11.4. The number of nitrogens with one attached hydrogen (secondary N) is 1. The average molecular weight is 191 g/mol. The van der Waals surface area contributed by atoms with Crippen LogP contribution >= 0.6 is 0 Å². The lowest BCUT2D eigenvalue weighted by Crippen LogP contribution is -2.11. The topological polar surface area (TPSA) is 50.2 Å². The highest BCUT2D eigenvalue weighted by Gasteiger charge is 2.08. The van der Waals surface area contributed by atoms with E-state index in [4.69, 9.17) is 10.1 Å². The molecular weight excluding hydrogens is 178 g/mol. The zero-order valence-corrected chi connectivity index (χ0v) is 8.28. The van der Waals surface area contributed by atoms with Crippen LogP contribution in [0.3, 0.4) is 0 Å². The Balaban J connectivity index is 2.84. The van der Waals surface area contributed by atoms with Crippen molar-refractivity contribution in [2.75, 3.05) is 0 Å². The summed E-state index contributed by atoms with van der Waals surface area (Å²) in [5, 5.41) is 7.05. The predicted molar refractivity (Wildman–Crippen MR) is 54.9 cm³/mol. The molecule has 0 spiro atoms. The molecule has 0 amide bonds. The fraction of sp³-hybridized carbons (Fsp3) is 0.273. The van der Waals surface area contributed by atoms with Crippen LogP contribution in [-0.4, -0.2) is 18.3 Å². The van der Waals surface area contributed by atoms with Crippen molar-refractivity contribution in [3.05, 3.63) is 35.4 Å². The van der Waals surface area contributed by atoms with Crippen LogP contribution in [0.25, 0.3) is 0 Å². The molecule has 1 aromatic carbocycles. The second kappa shape index (κ2) is 4.56. The Morgan fingerprint density at radius 2 is 2.21 bits per heavy atom. The third-order valence-electron chi connectivity index (χ3n) is 1.63. The van der Waals surface area contributed by atoms with Crippen molar-refractivity contribution in [3.8, 4) is 0 Å². The Bertz CT molecular complexity index is 345. The van der Waals surface area contributed by atoms with E-state index < -0.39 is 0 Å². The molecular formula is C11H13NO2. The normalized spacial score (nSPS) is 9.93. The number of benzene rings is 1.